The van der Waals surface area contributed by atoms with Gasteiger partial charge in [-0.05, 0) is 68.3 Å². The summed E-state index contributed by atoms with van der Waals surface area (Å²) >= 11 is 6.15. The molecule has 0 aliphatic carbocycles. The third-order valence-electron chi connectivity index (χ3n) is 3.58. The fourth-order valence-electron chi connectivity index (χ4n) is 2.27. The van der Waals surface area contributed by atoms with E-state index in [0.29, 0.717) is 28.8 Å². The van der Waals surface area contributed by atoms with Crippen molar-refractivity contribution in [1.29, 1.82) is 0 Å². The first-order valence-electron chi connectivity index (χ1n) is 7.98. The molecule has 1 N–H and O–H groups in total. The van der Waals surface area contributed by atoms with Crippen LogP contribution in [-0.2, 0) is 4.79 Å². The Bertz CT molecular complexity index is 733. The van der Waals surface area contributed by atoms with Crippen LogP contribution in [0.2, 0.25) is 5.02 Å². The number of anilines is 1. The van der Waals surface area contributed by atoms with Crippen molar-refractivity contribution in [2.75, 3.05) is 11.9 Å². The topological polar surface area (TPSA) is 47.6 Å². The molecule has 0 saturated carbocycles. The van der Waals surface area contributed by atoms with Gasteiger partial charge < -0.3 is 14.8 Å². The Hall–Kier alpha value is -2.46. The average Bonchev–Trinajstić information content (AvgIpc) is 2.59. The van der Waals surface area contributed by atoms with Gasteiger partial charge in [0.25, 0.3) is 5.91 Å². The molecule has 1 unspecified atom stereocenters. The number of amides is 1. The molecule has 4 nitrogen and oxygen atoms in total. The second kappa shape index (κ2) is 8.58. The summed E-state index contributed by atoms with van der Waals surface area (Å²) in [5.41, 5.74) is 2.51. The van der Waals surface area contributed by atoms with E-state index in [1.807, 2.05) is 26.0 Å². The van der Waals surface area contributed by atoms with Crippen LogP contribution in [0.3, 0.4) is 0 Å². The lowest BCUT2D eigenvalue weighted by Crippen LogP contribution is -2.30. The van der Waals surface area contributed by atoms with E-state index in [4.69, 9.17) is 21.1 Å². The summed E-state index contributed by atoms with van der Waals surface area (Å²) in [6.07, 6.45) is 1.03. The first kappa shape index (κ1) is 18.9. The quantitative estimate of drug-likeness (QED) is 0.713. The average molecular weight is 360 g/mol. The zero-order chi connectivity index (χ0) is 18.4. The Morgan fingerprint density at radius 3 is 2.36 bits per heavy atom. The predicted molar refractivity (Wildman–Crippen MR) is 102 cm³/mol. The lowest BCUT2D eigenvalue weighted by atomic mass is 10.1. The monoisotopic (exact) mass is 359 g/mol. The lowest BCUT2D eigenvalue weighted by Gasteiger charge is -2.16. The van der Waals surface area contributed by atoms with Crippen LogP contribution in [0.4, 0.5) is 5.69 Å². The van der Waals surface area contributed by atoms with Gasteiger partial charge in [-0.3, -0.25) is 4.79 Å². The maximum atomic E-state index is 12.3. The molecule has 5 heteroatoms. The minimum absolute atomic E-state index is 0.231. The molecule has 0 aliphatic rings. The van der Waals surface area contributed by atoms with Crippen LogP contribution in [0.5, 0.6) is 11.5 Å². The molecule has 132 valence electrons. The van der Waals surface area contributed by atoms with Crippen molar-refractivity contribution in [1.82, 2.24) is 0 Å². The minimum atomic E-state index is -0.642. The van der Waals surface area contributed by atoms with E-state index in [9.17, 15) is 4.79 Å². The van der Waals surface area contributed by atoms with Gasteiger partial charge >= 0.3 is 0 Å². The molecule has 0 saturated heterocycles. The van der Waals surface area contributed by atoms with Gasteiger partial charge in [-0.2, -0.15) is 0 Å². The SMILES string of the molecule is C=CCOc1ccc(NC(=O)C(C)Oc2cc(C)c(Cl)c(C)c2)cc1. The summed E-state index contributed by atoms with van der Waals surface area (Å²) in [5.74, 6) is 1.11. The van der Waals surface area contributed by atoms with Crippen LogP contribution in [0.15, 0.2) is 49.1 Å². The Morgan fingerprint density at radius 1 is 1.20 bits per heavy atom. The summed E-state index contributed by atoms with van der Waals surface area (Å²) < 4.78 is 11.1. The summed E-state index contributed by atoms with van der Waals surface area (Å²) in [7, 11) is 0. The molecule has 0 heterocycles. The number of nitrogens with one attached hydrogen (secondary N) is 1. The molecule has 2 aromatic rings. The van der Waals surface area contributed by atoms with E-state index < -0.39 is 6.10 Å². The highest BCUT2D eigenvalue weighted by molar-refractivity contribution is 6.32. The van der Waals surface area contributed by atoms with Crippen LogP contribution >= 0.6 is 11.6 Å². The number of halogens is 1. The molecule has 0 bridgehead atoms. The van der Waals surface area contributed by atoms with Gasteiger partial charge in [0.2, 0.25) is 0 Å². The zero-order valence-corrected chi connectivity index (χ0v) is 15.4. The lowest BCUT2D eigenvalue weighted by molar-refractivity contribution is -0.122. The molecule has 2 rings (SSSR count). The van der Waals surface area contributed by atoms with Gasteiger partial charge in [-0.15, -0.1) is 0 Å². The van der Waals surface area contributed by atoms with Crippen molar-refractivity contribution in [3.63, 3.8) is 0 Å². The number of hydrogen-bond donors (Lipinski definition) is 1. The minimum Gasteiger partial charge on any atom is -0.490 e. The Kier molecular flexibility index (Phi) is 6.48. The van der Waals surface area contributed by atoms with E-state index in [1.165, 1.54) is 0 Å². The van der Waals surface area contributed by atoms with Crippen molar-refractivity contribution in [2.45, 2.75) is 26.9 Å². The van der Waals surface area contributed by atoms with Crippen LogP contribution in [0.1, 0.15) is 18.1 Å². The molecule has 1 atom stereocenters. The number of ether oxygens (including phenoxy) is 2. The third kappa shape index (κ3) is 5.26. The van der Waals surface area contributed by atoms with E-state index in [1.54, 1.807) is 37.3 Å². The fraction of sp³-hybridized carbons (Fsp3) is 0.250. The highest BCUT2D eigenvalue weighted by Gasteiger charge is 2.16. The standard InChI is InChI=1S/C20H22ClNO3/c1-5-10-24-17-8-6-16(7-9-17)22-20(23)15(4)25-18-11-13(2)19(21)14(3)12-18/h5-9,11-12,15H,1,10H2,2-4H3,(H,22,23). The van der Waals surface area contributed by atoms with Crippen molar-refractivity contribution >= 4 is 23.2 Å². The van der Waals surface area contributed by atoms with Crippen molar-refractivity contribution in [2.24, 2.45) is 0 Å². The number of carbonyl (C=O) groups is 1. The van der Waals surface area contributed by atoms with Crippen LogP contribution in [0, 0.1) is 13.8 Å². The smallest absolute Gasteiger partial charge is 0.265 e. The number of rotatable bonds is 7. The van der Waals surface area contributed by atoms with Gasteiger partial charge in [0.1, 0.15) is 18.1 Å². The molecule has 1 amide bonds. The normalized spacial score (nSPS) is 11.5. The van der Waals surface area contributed by atoms with Crippen LogP contribution < -0.4 is 14.8 Å². The maximum Gasteiger partial charge on any atom is 0.265 e. The highest BCUT2D eigenvalue weighted by atomic mass is 35.5. The summed E-state index contributed by atoms with van der Waals surface area (Å²) in [6.45, 7) is 9.56. The first-order chi connectivity index (χ1) is 11.9. The highest BCUT2D eigenvalue weighted by Crippen LogP contribution is 2.26. The maximum absolute atomic E-state index is 12.3. The molecule has 0 fully saturated rings. The Labute approximate surface area is 153 Å². The molecule has 2 aromatic carbocycles. The zero-order valence-electron chi connectivity index (χ0n) is 14.6. The van der Waals surface area contributed by atoms with Crippen molar-refractivity contribution in [3.05, 3.63) is 65.2 Å². The number of hydrogen-bond acceptors (Lipinski definition) is 3. The summed E-state index contributed by atoms with van der Waals surface area (Å²) in [6, 6.07) is 10.8. The second-order valence-electron chi connectivity index (χ2n) is 5.74. The van der Waals surface area contributed by atoms with Crippen LogP contribution in [-0.4, -0.2) is 18.6 Å². The molecule has 0 spiro atoms. The summed E-state index contributed by atoms with van der Waals surface area (Å²) in [4.78, 5) is 12.3. The molecular weight excluding hydrogens is 338 g/mol. The van der Waals surface area contributed by atoms with Gasteiger partial charge in [0.15, 0.2) is 6.10 Å². The van der Waals surface area contributed by atoms with Gasteiger partial charge in [0, 0.05) is 10.7 Å². The van der Waals surface area contributed by atoms with Gasteiger partial charge in [-0.1, -0.05) is 24.3 Å². The summed E-state index contributed by atoms with van der Waals surface area (Å²) in [5, 5.41) is 3.53. The molecule has 0 aliphatic heterocycles. The second-order valence-corrected chi connectivity index (χ2v) is 6.12. The van der Waals surface area contributed by atoms with E-state index in [-0.39, 0.29) is 5.91 Å². The molecular formula is C20H22ClNO3. The Morgan fingerprint density at radius 2 is 1.80 bits per heavy atom. The fourth-order valence-corrected chi connectivity index (χ4v) is 2.37. The van der Waals surface area contributed by atoms with E-state index in [2.05, 4.69) is 11.9 Å². The Balaban J connectivity index is 1.97. The number of benzene rings is 2. The van der Waals surface area contributed by atoms with Gasteiger partial charge in [0.05, 0.1) is 0 Å². The molecule has 0 radical (unpaired) electrons. The van der Waals surface area contributed by atoms with Crippen molar-refractivity contribution in [3.8, 4) is 11.5 Å². The van der Waals surface area contributed by atoms with E-state index >= 15 is 0 Å². The largest absolute Gasteiger partial charge is 0.490 e. The number of aryl methyl sites for hydroxylation is 2. The molecule has 0 aromatic heterocycles. The van der Waals surface area contributed by atoms with Crippen LogP contribution in [0.25, 0.3) is 0 Å². The van der Waals surface area contributed by atoms with Crippen molar-refractivity contribution < 1.29 is 14.3 Å². The number of carbonyl (C=O) groups excluding carboxylic acids is 1. The predicted octanol–water partition coefficient (Wildman–Crippen LogP) is 4.93. The van der Waals surface area contributed by atoms with E-state index in [0.717, 1.165) is 11.1 Å². The third-order valence-corrected chi connectivity index (χ3v) is 4.18. The first-order valence-corrected chi connectivity index (χ1v) is 8.36. The van der Waals surface area contributed by atoms with Gasteiger partial charge in [-0.25, -0.2) is 0 Å². The molecule has 25 heavy (non-hydrogen) atoms.